The maximum Gasteiger partial charge on any atom is 0.0802 e. The molecular weight excluding hydrogens is 334 g/mol. The molecule has 0 aliphatic rings. The fourth-order valence-electron chi connectivity index (χ4n) is 2.12. The van der Waals surface area contributed by atoms with Crippen LogP contribution in [0.25, 0.3) is 0 Å². The molecule has 108 valence electrons. The predicted octanol–water partition coefficient (Wildman–Crippen LogP) is 4.63. The van der Waals surface area contributed by atoms with Crippen molar-refractivity contribution in [1.82, 2.24) is 4.90 Å². The Kier molecular flexibility index (Phi) is 5.78. The molecule has 2 rings (SSSR count). The zero-order chi connectivity index (χ0) is 14.5. The molecule has 0 radical (unpaired) electrons. The van der Waals surface area contributed by atoms with Gasteiger partial charge in [-0.05, 0) is 49.5 Å². The maximum absolute atomic E-state index is 10.2. The summed E-state index contributed by atoms with van der Waals surface area (Å²) in [5, 5.41) is 12.3. The topological polar surface area (TPSA) is 23.5 Å². The molecule has 0 saturated carbocycles. The number of aliphatic hydroxyl groups excluding tert-OH is 1. The smallest absolute Gasteiger partial charge is 0.0802 e. The molecule has 4 heteroatoms. The lowest BCUT2D eigenvalue weighted by Gasteiger charge is -2.25. The van der Waals surface area contributed by atoms with Gasteiger partial charge in [0, 0.05) is 21.9 Å². The molecule has 0 spiro atoms. The monoisotopic (exact) mass is 353 g/mol. The highest BCUT2D eigenvalue weighted by Crippen LogP contribution is 2.25. The summed E-state index contributed by atoms with van der Waals surface area (Å²) in [6, 6.07) is 12.5. The van der Waals surface area contributed by atoms with Gasteiger partial charge >= 0.3 is 0 Å². The minimum atomic E-state index is -0.402. The first-order chi connectivity index (χ1) is 9.58. The van der Waals surface area contributed by atoms with Crippen molar-refractivity contribution in [2.75, 3.05) is 13.6 Å². The van der Waals surface area contributed by atoms with Gasteiger partial charge in [-0.2, -0.15) is 0 Å². The zero-order valence-corrected chi connectivity index (χ0v) is 14.2. The van der Waals surface area contributed by atoms with Crippen molar-refractivity contribution in [3.8, 4) is 0 Å². The van der Waals surface area contributed by atoms with Gasteiger partial charge in [0.05, 0.1) is 6.10 Å². The number of nitrogens with zero attached hydrogens (tertiary/aromatic N) is 1. The Balaban J connectivity index is 1.86. The average Bonchev–Trinajstić information content (AvgIpc) is 2.98. The number of hydrogen-bond acceptors (Lipinski definition) is 3. The average molecular weight is 354 g/mol. The van der Waals surface area contributed by atoms with Gasteiger partial charge in [-0.3, -0.25) is 4.90 Å². The second-order valence-electron chi connectivity index (χ2n) is 5.03. The van der Waals surface area contributed by atoms with Crippen molar-refractivity contribution >= 4 is 27.3 Å². The van der Waals surface area contributed by atoms with Crippen LogP contribution in [0.1, 0.15) is 35.9 Å². The summed E-state index contributed by atoms with van der Waals surface area (Å²) in [7, 11) is 2.11. The summed E-state index contributed by atoms with van der Waals surface area (Å²) in [4.78, 5) is 3.65. The molecule has 20 heavy (non-hydrogen) atoms. The highest BCUT2D eigenvalue weighted by Gasteiger charge is 2.14. The minimum absolute atomic E-state index is 0.395. The van der Waals surface area contributed by atoms with Crippen LogP contribution in [0.2, 0.25) is 0 Å². The van der Waals surface area contributed by atoms with Gasteiger partial charge in [-0.1, -0.05) is 34.1 Å². The van der Waals surface area contributed by atoms with E-state index in [0.717, 1.165) is 23.0 Å². The summed E-state index contributed by atoms with van der Waals surface area (Å²) in [6.07, 6.45) is 0.342. The van der Waals surface area contributed by atoms with Gasteiger partial charge in [-0.25, -0.2) is 0 Å². The lowest BCUT2D eigenvalue weighted by atomic mass is 10.1. The molecule has 0 amide bonds. The molecule has 1 N–H and O–H groups in total. The highest BCUT2D eigenvalue weighted by atomic mass is 79.9. The zero-order valence-electron chi connectivity index (χ0n) is 11.8. The third-order valence-corrected chi connectivity index (χ3v) is 5.20. The number of halogens is 1. The molecule has 2 unspecified atom stereocenters. The SMILES string of the molecule is CC(c1cccs1)N(C)CCC(O)c1ccc(Br)cc1. The Hall–Kier alpha value is -0.680. The Labute approximate surface area is 133 Å². The molecule has 0 aliphatic carbocycles. The maximum atomic E-state index is 10.2. The van der Waals surface area contributed by atoms with Crippen molar-refractivity contribution in [1.29, 1.82) is 0 Å². The van der Waals surface area contributed by atoms with Crippen molar-refractivity contribution in [2.45, 2.75) is 25.5 Å². The Bertz CT molecular complexity index is 512. The highest BCUT2D eigenvalue weighted by molar-refractivity contribution is 9.10. The van der Waals surface area contributed by atoms with E-state index in [2.05, 4.69) is 52.3 Å². The fraction of sp³-hybridized carbons (Fsp3) is 0.375. The molecule has 0 saturated heterocycles. The molecule has 0 aliphatic heterocycles. The summed E-state index contributed by atoms with van der Waals surface area (Å²) < 4.78 is 1.04. The Morgan fingerprint density at radius 1 is 1.25 bits per heavy atom. The van der Waals surface area contributed by atoms with Crippen LogP contribution in [0.3, 0.4) is 0 Å². The van der Waals surface area contributed by atoms with Crippen molar-refractivity contribution in [3.63, 3.8) is 0 Å². The van der Waals surface area contributed by atoms with E-state index in [9.17, 15) is 5.11 Å². The van der Waals surface area contributed by atoms with E-state index < -0.39 is 6.10 Å². The second-order valence-corrected chi connectivity index (χ2v) is 6.92. The number of rotatable bonds is 6. The van der Waals surface area contributed by atoms with Crippen LogP contribution in [0.15, 0.2) is 46.3 Å². The van der Waals surface area contributed by atoms with E-state index in [4.69, 9.17) is 0 Å². The van der Waals surface area contributed by atoms with Gasteiger partial charge in [0.25, 0.3) is 0 Å². The van der Waals surface area contributed by atoms with E-state index in [-0.39, 0.29) is 0 Å². The van der Waals surface area contributed by atoms with E-state index in [0.29, 0.717) is 6.04 Å². The normalized spacial score (nSPS) is 14.4. The first-order valence-electron chi connectivity index (χ1n) is 6.75. The number of thiophene rings is 1. The van der Waals surface area contributed by atoms with Gasteiger partial charge in [0.15, 0.2) is 0 Å². The molecule has 2 nitrogen and oxygen atoms in total. The first-order valence-corrected chi connectivity index (χ1v) is 8.42. The third-order valence-electron chi connectivity index (χ3n) is 3.63. The third kappa shape index (κ3) is 4.16. The van der Waals surface area contributed by atoms with Crippen LogP contribution < -0.4 is 0 Å². The van der Waals surface area contributed by atoms with Crippen LogP contribution >= 0.6 is 27.3 Å². The van der Waals surface area contributed by atoms with Crippen LogP contribution in [-0.2, 0) is 0 Å². The molecule has 1 heterocycles. The van der Waals surface area contributed by atoms with Crippen molar-refractivity contribution < 1.29 is 5.11 Å². The van der Waals surface area contributed by atoms with Gasteiger partial charge in [0.1, 0.15) is 0 Å². The molecule has 1 aromatic carbocycles. The van der Waals surface area contributed by atoms with E-state index >= 15 is 0 Å². The van der Waals surface area contributed by atoms with Crippen LogP contribution in [0.4, 0.5) is 0 Å². The van der Waals surface area contributed by atoms with Crippen molar-refractivity contribution in [3.05, 3.63) is 56.7 Å². The number of benzene rings is 1. The van der Waals surface area contributed by atoms with Crippen LogP contribution in [-0.4, -0.2) is 23.6 Å². The largest absolute Gasteiger partial charge is 0.388 e. The summed E-state index contributed by atoms with van der Waals surface area (Å²) in [5.74, 6) is 0. The van der Waals surface area contributed by atoms with Crippen LogP contribution in [0.5, 0.6) is 0 Å². The summed E-state index contributed by atoms with van der Waals surface area (Å²) in [6.45, 7) is 3.08. The molecule has 2 aromatic rings. The van der Waals surface area contributed by atoms with Gasteiger partial charge in [-0.15, -0.1) is 11.3 Å². The molecular formula is C16H20BrNOS. The first kappa shape index (κ1) is 15.7. The van der Waals surface area contributed by atoms with Gasteiger partial charge in [0.2, 0.25) is 0 Å². The molecule has 0 fully saturated rings. The van der Waals surface area contributed by atoms with E-state index in [1.54, 1.807) is 11.3 Å². The van der Waals surface area contributed by atoms with Gasteiger partial charge < -0.3 is 5.11 Å². The molecule has 0 bridgehead atoms. The lowest BCUT2D eigenvalue weighted by molar-refractivity contribution is 0.139. The van der Waals surface area contributed by atoms with E-state index in [1.807, 2.05) is 24.3 Å². The Morgan fingerprint density at radius 2 is 1.95 bits per heavy atom. The molecule has 1 aromatic heterocycles. The number of hydrogen-bond donors (Lipinski definition) is 1. The predicted molar refractivity (Wildman–Crippen MR) is 89.1 cm³/mol. The van der Waals surface area contributed by atoms with Crippen molar-refractivity contribution in [2.24, 2.45) is 0 Å². The molecule has 2 atom stereocenters. The van der Waals surface area contributed by atoms with E-state index in [1.165, 1.54) is 4.88 Å². The quantitative estimate of drug-likeness (QED) is 0.818. The lowest BCUT2D eigenvalue weighted by Crippen LogP contribution is -2.24. The van der Waals surface area contributed by atoms with Crippen LogP contribution in [0, 0.1) is 0 Å². The fourth-order valence-corrected chi connectivity index (χ4v) is 3.23. The second kappa shape index (κ2) is 7.36. The Morgan fingerprint density at radius 3 is 2.55 bits per heavy atom. The minimum Gasteiger partial charge on any atom is -0.388 e. The standard InChI is InChI=1S/C16H20BrNOS/c1-12(16-4-3-11-20-16)18(2)10-9-15(19)13-5-7-14(17)8-6-13/h3-8,11-12,15,19H,9-10H2,1-2H3. The number of aliphatic hydroxyl groups is 1. The summed E-state index contributed by atoms with van der Waals surface area (Å²) >= 11 is 5.19. The summed E-state index contributed by atoms with van der Waals surface area (Å²) in [5.41, 5.74) is 0.977.